The van der Waals surface area contributed by atoms with Gasteiger partial charge < -0.3 is 9.52 Å². The minimum absolute atomic E-state index is 0.165. The standard InChI is InChI=1S/C15H12FNO2/c1-9-5-6-17-8-11(9)14(18)13-7-10-3-2-4-12(16)15(10)19-13/h2-8,14,18H,1H3. The Labute approximate surface area is 109 Å². The number of para-hydroxylation sites is 1. The predicted octanol–water partition coefficient (Wildman–Crippen LogP) is 3.36. The molecular weight excluding hydrogens is 245 g/mol. The fourth-order valence-electron chi connectivity index (χ4n) is 2.10. The molecule has 4 heteroatoms. The summed E-state index contributed by atoms with van der Waals surface area (Å²) >= 11 is 0. The lowest BCUT2D eigenvalue weighted by atomic mass is 10.0. The highest BCUT2D eigenvalue weighted by Crippen LogP contribution is 2.30. The first-order valence-corrected chi connectivity index (χ1v) is 5.93. The Balaban J connectivity index is 2.10. The highest BCUT2D eigenvalue weighted by Gasteiger charge is 2.18. The minimum atomic E-state index is -0.944. The van der Waals surface area contributed by atoms with Gasteiger partial charge in [0.05, 0.1) is 0 Å². The second-order valence-electron chi connectivity index (χ2n) is 4.44. The van der Waals surface area contributed by atoms with E-state index < -0.39 is 11.9 Å². The molecule has 3 rings (SSSR count). The van der Waals surface area contributed by atoms with Gasteiger partial charge in [0.25, 0.3) is 0 Å². The fourth-order valence-corrected chi connectivity index (χ4v) is 2.10. The van der Waals surface area contributed by atoms with Crippen molar-refractivity contribution in [2.75, 3.05) is 0 Å². The van der Waals surface area contributed by atoms with Crippen molar-refractivity contribution in [3.63, 3.8) is 0 Å². The lowest BCUT2D eigenvalue weighted by molar-refractivity contribution is 0.191. The van der Waals surface area contributed by atoms with E-state index in [1.165, 1.54) is 6.07 Å². The maximum absolute atomic E-state index is 13.6. The summed E-state index contributed by atoms with van der Waals surface area (Å²) in [5, 5.41) is 10.9. The van der Waals surface area contributed by atoms with Gasteiger partial charge >= 0.3 is 0 Å². The van der Waals surface area contributed by atoms with Gasteiger partial charge in [0.15, 0.2) is 11.4 Å². The SMILES string of the molecule is Cc1ccncc1C(O)c1cc2cccc(F)c2o1. The van der Waals surface area contributed by atoms with Crippen molar-refractivity contribution >= 4 is 11.0 Å². The highest BCUT2D eigenvalue weighted by molar-refractivity contribution is 5.78. The molecule has 3 aromatic rings. The van der Waals surface area contributed by atoms with Crippen LogP contribution in [0.5, 0.6) is 0 Å². The van der Waals surface area contributed by atoms with Crippen LogP contribution in [0.1, 0.15) is 23.0 Å². The summed E-state index contributed by atoms with van der Waals surface area (Å²) in [5.74, 6) is -0.116. The number of aryl methyl sites for hydroxylation is 1. The highest BCUT2D eigenvalue weighted by atomic mass is 19.1. The normalized spacial score (nSPS) is 12.8. The third-order valence-corrected chi connectivity index (χ3v) is 3.16. The number of hydrogen-bond acceptors (Lipinski definition) is 3. The lowest BCUT2D eigenvalue weighted by Crippen LogP contribution is -2.01. The quantitative estimate of drug-likeness (QED) is 0.765. The Kier molecular flexibility index (Phi) is 2.80. The summed E-state index contributed by atoms with van der Waals surface area (Å²) in [6.45, 7) is 1.88. The summed E-state index contributed by atoms with van der Waals surface area (Å²) in [7, 11) is 0. The summed E-state index contributed by atoms with van der Waals surface area (Å²) < 4.78 is 19.0. The first-order chi connectivity index (χ1) is 9.16. The summed E-state index contributed by atoms with van der Waals surface area (Å²) in [4.78, 5) is 3.99. The van der Waals surface area contributed by atoms with E-state index in [1.807, 2.05) is 13.0 Å². The monoisotopic (exact) mass is 257 g/mol. The molecular formula is C15H12FNO2. The van der Waals surface area contributed by atoms with Crippen molar-refractivity contribution < 1.29 is 13.9 Å². The zero-order chi connectivity index (χ0) is 13.4. The Hall–Kier alpha value is -2.20. The van der Waals surface area contributed by atoms with Crippen molar-refractivity contribution in [2.24, 2.45) is 0 Å². The Morgan fingerprint density at radius 2 is 2.16 bits per heavy atom. The first kappa shape index (κ1) is 11.9. The zero-order valence-corrected chi connectivity index (χ0v) is 10.3. The zero-order valence-electron chi connectivity index (χ0n) is 10.3. The second-order valence-corrected chi connectivity index (χ2v) is 4.44. The number of aliphatic hydroxyl groups is 1. The van der Waals surface area contributed by atoms with Gasteiger partial charge in [-0.05, 0) is 30.7 Å². The topological polar surface area (TPSA) is 46.3 Å². The van der Waals surface area contributed by atoms with Crippen LogP contribution < -0.4 is 0 Å². The van der Waals surface area contributed by atoms with Crippen LogP contribution in [-0.4, -0.2) is 10.1 Å². The number of hydrogen-bond donors (Lipinski definition) is 1. The molecule has 0 aliphatic rings. The van der Waals surface area contributed by atoms with E-state index in [2.05, 4.69) is 4.98 Å². The molecule has 0 radical (unpaired) electrons. The molecule has 0 spiro atoms. The van der Waals surface area contributed by atoms with Crippen LogP contribution in [-0.2, 0) is 0 Å². The molecule has 96 valence electrons. The average molecular weight is 257 g/mol. The Morgan fingerprint density at radius 1 is 1.32 bits per heavy atom. The molecule has 2 heterocycles. The molecule has 3 nitrogen and oxygen atoms in total. The molecule has 2 aromatic heterocycles. The molecule has 0 fully saturated rings. The van der Waals surface area contributed by atoms with Gasteiger partial charge in [-0.1, -0.05) is 12.1 Å². The number of aromatic nitrogens is 1. The minimum Gasteiger partial charge on any atom is -0.455 e. The summed E-state index contributed by atoms with van der Waals surface area (Å²) in [6, 6.07) is 8.14. The van der Waals surface area contributed by atoms with Gasteiger partial charge in [-0.15, -0.1) is 0 Å². The molecule has 0 bridgehead atoms. The van der Waals surface area contributed by atoms with Crippen LogP contribution in [0.2, 0.25) is 0 Å². The predicted molar refractivity (Wildman–Crippen MR) is 69.2 cm³/mol. The molecule has 1 unspecified atom stereocenters. The van der Waals surface area contributed by atoms with Crippen molar-refractivity contribution in [3.05, 3.63) is 65.4 Å². The maximum atomic E-state index is 13.6. The smallest absolute Gasteiger partial charge is 0.170 e. The van der Waals surface area contributed by atoms with E-state index in [0.29, 0.717) is 16.7 Å². The Morgan fingerprint density at radius 3 is 2.89 bits per heavy atom. The molecule has 0 aliphatic carbocycles. The van der Waals surface area contributed by atoms with Crippen LogP contribution in [0.25, 0.3) is 11.0 Å². The number of aliphatic hydroxyl groups excluding tert-OH is 1. The van der Waals surface area contributed by atoms with Crippen LogP contribution in [0.4, 0.5) is 4.39 Å². The van der Waals surface area contributed by atoms with Crippen LogP contribution in [0.15, 0.2) is 47.1 Å². The van der Waals surface area contributed by atoms with Gasteiger partial charge in [-0.25, -0.2) is 4.39 Å². The fraction of sp³-hybridized carbons (Fsp3) is 0.133. The number of pyridine rings is 1. The van der Waals surface area contributed by atoms with E-state index in [-0.39, 0.29) is 5.58 Å². The second kappa shape index (κ2) is 4.48. The summed E-state index contributed by atoms with van der Waals surface area (Å²) in [5.41, 5.74) is 1.73. The van der Waals surface area contributed by atoms with Crippen molar-refractivity contribution in [2.45, 2.75) is 13.0 Å². The van der Waals surface area contributed by atoms with Crippen LogP contribution >= 0.6 is 0 Å². The van der Waals surface area contributed by atoms with Crippen molar-refractivity contribution in [1.29, 1.82) is 0 Å². The largest absolute Gasteiger partial charge is 0.455 e. The van der Waals surface area contributed by atoms with Crippen LogP contribution in [0.3, 0.4) is 0 Å². The van der Waals surface area contributed by atoms with Gasteiger partial charge in [-0.2, -0.15) is 0 Å². The number of fused-ring (bicyclic) bond motifs is 1. The first-order valence-electron chi connectivity index (χ1n) is 5.93. The molecule has 0 aliphatic heterocycles. The molecule has 1 atom stereocenters. The Bertz CT molecular complexity index is 736. The third-order valence-electron chi connectivity index (χ3n) is 3.16. The number of rotatable bonds is 2. The van der Waals surface area contributed by atoms with E-state index in [0.717, 1.165) is 5.56 Å². The maximum Gasteiger partial charge on any atom is 0.170 e. The van der Waals surface area contributed by atoms with E-state index >= 15 is 0 Å². The van der Waals surface area contributed by atoms with E-state index in [9.17, 15) is 9.50 Å². The van der Waals surface area contributed by atoms with Crippen molar-refractivity contribution in [3.8, 4) is 0 Å². The van der Waals surface area contributed by atoms with Gasteiger partial charge in [0, 0.05) is 23.3 Å². The number of halogens is 1. The number of nitrogens with zero attached hydrogens (tertiary/aromatic N) is 1. The third kappa shape index (κ3) is 2.00. The molecule has 0 amide bonds. The van der Waals surface area contributed by atoms with Gasteiger partial charge in [0.1, 0.15) is 11.9 Å². The van der Waals surface area contributed by atoms with Gasteiger partial charge in [-0.3, -0.25) is 4.98 Å². The molecule has 19 heavy (non-hydrogen) atoms. The lowest BCUT2D eigenvalue weighted by Gasteiger charge is -2.09. The molecule has 0 saturated heterocycles. The molecule has 1 aromatic carbocycles. The number of benzene rings is 1. The van der Waals surface area contributed by atoms with E-state index in [4.69, 9.17) is 4.42 Å². The summed E-state index contributed by atoms with van der Waals surface area (Å²) in [6.07, 6.45) is 2.30. The molecule has 1 N–H and O–H groups in total. The molecule has 0 saturated carbocycles. The van der Waals surface area contributed by atoms with Crippen molar-refractivity contribution in [1.82, 2.24) is 4.98 Å². The van der Waals surface area contributed by atoms with Gasteiger partial charge in [0.2, 0.25) is 0 Å². The average Bonchev–Trinajstić information content (AvgIpc) is 2.84. The number of furan rings is 1. The van der Waals surface area contributed by atoms with E-state index in [1.54, 1.807) is 30.6 Å². The van der Waals surface area contributed by atoms with Crippen LogP contribution in [0, 0.1) is 12.7 Å².